The lowest BCUT2D eigenvalue weighted by molar-refractivity contribution is -0.119. The van der Waals surface area contributed by atoms with E-state index in [0.29, 0.717) is 16.8 Å². The Balaban J connectivity index is 1.56. The summed E-state index contributed by atoms with van der Waals surface area (Å²) in [6.45, 7) is -0.389. The van der Waals surface area contributed by atoms with E-state index < -0.39 is 11.9 Å². The summed E-state index contributed by atoms with van der Waals surface area (Å²) in [5, 5.41) is 5.14. The zero-order chi connectivity index (χ0) is 19.2. The topological polar surface area (TPSA) is 84.5 Å². The molecule has 0 heterocycles. The van der Waals surface area contributed by atoms with Crippen molar-refractivity contribution in [2.45, 2.75) is 25.7 Å². The van der Waals surface area contributed by atoms with Crippen molar-refractivity contribution in [3.8, 4) is 0 Å². The fourth-order valence-corrected chi connectivity index (χ4v) is 3.15. The van der Waals surface area contributed by atoms with Crippen molar-refractivity contribution in [2.75, 3.05) is 19.0 Å². The van der Waals surface area contributed by atoms with Gasteiger partial charge in [-0.15, -0.1) is 0 Å². The maximum absolute atomic E-state index is 12.2. The molecule has 0 saturated heterocycles. The number of carbonyl (C=O) groups excluding carboxylic acids is 3. The van der Waals surface area contributed by atoms with E-state index in [9.17, 15) is 14.4 Å². The van der Waals surface area contributed by atoms with Gasteiger partial charge in [-0.2, -0.15) is 0 Å². The van der Waals surface area contributed by atoms with Gasteiger partial charge in [0.1, 0.15) is 0 Å². The average molecular weight is 366 g/mol. The Morgan fingerprint density at radius 3 is 2.52 bits per heavy atom. The Bertz CT molecular complexity index is 876. The molecule has 0 radical (unpaired) electrons. The number of aryl methyl sites for hydroxylation is 2. The number of fused-ring (bicyclic) bond motifs is 1. The number of rotatable bonds is 5. The summed E-state index contributed by atoms with van der Waals surface area (Å²) in [4.78, 5) is 35.9. The van der Waals surface area contributed by atoms with E-state index in [2.05, 4.69) is 10.6 Å². The number of hydrogen-bond donors (Lipinski definition) is 2. The first kappa shape index (κ1) is 18.6. The van der Waals surface area contributed by atoms with Gasteiger partial charge in [0, 0.05) is 18.3 Å². The van der Waals surface area contributed by atoms with Crippen LogP contribution >= 0.6 is 0 Å². The molecule has 0 saturated carbocycles. The average Bonchev–Trinajstić information content (AvgIpc) is 2.71. The number of hydrogen-bond acceptors (Lipinski definition) is 4. The first-order valence-corrected chi connectivity index (χ1v) is 8.98. The van der Waals surface area contributed by atoms with E-state index in [1.165, 1.54) is 24.6 Å². The molecule has 0 bridgehead atoms. The number of esters is 1. The van der Waals surface area contributed by atoms with Gasteiger partial charge in [0.2, 0.25) is 0 Å². The van der Waals surface area contributed by atoms with Crippen molar-refractivity contribution in [3.05, 3.63) is 64.7 Å². The molecule has 0 unspecified atom stereocenters. The summed E-state index contributed by atoms with van der Waals surface area (Å²) in [7, 11) is 1.54. The van der Waals surface area contributed by atoms with Crippen LogP contribution in [0.3, 0.4) is 0 Å². The van der Waals surface area contributed by atoms with Gasteiger partial charge in [-0.3, -0.25) is 9.59 Å². The fourth-order valence-electron chi connectivity index (χ4n) is 3.15. The van der Waals surface area contributed by atoms with Crippen molar-refractivity contribution in [1.29, 1.82) is 0 Å². The second kappa shape index (κ2) is 8.49. The smallest absolute Gasteiger partial charge is 0.338 e. The van der Waals surface area contributed by atoms with Crippen molar-refractivity contribution < 1.29 is 19.1 Å². The zero-order valence-corrected chi connectivity index (χ0v) is 15.2. The fraction of sp³-hybridized carbons (Fsp3) is 0.286. The summed E-state index contributed by atoms with van der Waals surface area (Å²) in [5.74, 6) is -1.22. The Kier molecular flexibility index (Phi) is 5.86. The van der Waals surface area contributed by atoms with Gasteiger partial charge in [0.05, 0.1) is 5.56 Å². The van der Waals surface area contributed by atoms with Gasteiger partial charge in [-0.05, 0) is 67.1 Å². The largest absolute Gasteiger partial charge is 0.452 e. The molecule has 2 N–H and O–H groups in total. The first-order valence-electron chi connectivity index (χ1n) is 8.98. The van der Waals surface area contributed by atoms with E-state index in [1.807, 2.05) is 12.1 Å². The third kappa shape index (κ3) is 4.73. The molecule has 6 nitrogen and oxygen atoms in total. The van der Waals surface area contributed by atoms with Crippen LogP contribution in [0.25, 0.3) is 0 Å². The van der Waals surface area contributed by atoms with Crippen LogP contribution in [-0.4, -0.2) is 31.4 Å². The molecule has 0 fully saturated rings. The summed E-state index contributed by atoms with van der Waals surface area (Å²) in [5.41, 5.74) is 3.83. The highest BCUT2D eigenvalue weighted by atomic mass is 16.5. The minimum absolute atomic E-state index is 0.245. The zero-order valence-electron chi connectivity index (χ0n) is 15.2. The molecular formula is C21H22N2O4. The Hall–Kier alpha value is -3.15. The predicted molar refractivity (Wildman–Crippen MR) is 102 cm³/mol. The predicted octanol–water partition coefficient (Wildman–Crippen LogP) is 2.72. The first-order chi connectivity index (χ1) is 13.1. The summed E-state index contributed by atoms with van der Waals surface area (Å²) >= 11 is 0. The standard InChI is InChI=1S/C21H22N2O4/c1-22-20(25)16-7-4-8-18(12-16)23-19(24)13-27-21(26)17-10-9-14-5-2-3-6-15(14)11-17/h4,7-12H,2-3,5-6,13H2,1H3,(H,22,25)(H,23,24). The molecule has 1 aliphatic carbocycles. The molecule has 3 rings (SSSR count). The number of nitrogens with one attached hydrogen (secondary N) is 2. The quantitative estimate of drug-likeness (QED) is 0.797. The van der Waals surface area contributed by atoms with Crippen molar-refractivity contribution >= 4 is 23.5 Å². The van der Waals surface area contributed by atoms with Crippen LogP contribution < -0.4 is 10.6 Å². The summed E-state index contributed by atoms with van der Waals surface area (Å²) < 4.78 is 5.12. The number of anilines is 1. The second-order valence-corrected chi connectivity index (χ2v) is 6.47. The van der Waals surface area contributed by atoms with Crippen molar-refractivity contribution in [2.24, 2.45) is 0 Å². The molecule has 27 heavy (non-hydrogen) atoms. The lowest BCUT2D eigenvalue weighted by Crippen LogP contribution is -2.22. The van der Waals surface area contributed by atoms with E-state index in [0.717, 1.165) is 19.3 Å². The van der Waals surface area contributed by atoms with Crippen LogP contribution in [0.4, 0.5) is 5.69 Å². The molecular weight excluding hydrogens is 344 g/mol. The van der Waals surface area contributed by atoms with Gasteiger partial charge in [-0.25, -0.2) is 4.79 Å². The van der Waals surface area contributed by atoms with Crippen LogP contribution in [-0.2, 0) is 22.4 Å². The molecule has 2 aromatic carbocycles. The molecule has 140 valence electrons. The van der Waals surface area contributed by atoms with E-state index >= 15 is 0 Å². The lowest BCUT2D eigenvalue weighted by atomic mass is 9.90. The van der Waals surface area contributed by atoms with E-state index in [-0.39, 0.29) is 12.5 Å². The molecule has 0 spiro atoms. The Morgan fingerprint density at radius 2 is 1.74 bits per heavy atom. The number of benzene rings is 2. The van der Waals surface area contributed by atoms with E-state index in [4.69, 9.17) is 4.74 Å². The van der Waals surface area contributed by atoms with Crippen LogP contribution in [0.5, 0.6) is 0 Å². The molecule has 6 heteroatoms. The maximum Gasteiger partial charge on any atom is 0.338 e. The molecule has 0 aromatic heterocycles. The molecule has 2 amide bonds. The summed E-state index contributed by atoms with van der Waals surface area (Å²) in [6, 6.07) is 12.1. The van der Waals surface area contributed by atoms with Gasteiger partial charge >= 0.3 is 5.97 Å². The van der Waals surface area contributed by atoms with Crippen molar-refractivity contribution in [3.63, 3.8) is 0 Å². The van der Waals surface area contributed by atoms with Crippen LogP contribution in [0.15, 0.2) is 42.5 Å². The number of amides is 2. The Labute approximate surface area is 157 Å². The van der Waals surface area contributed by atoms with E-state index in [1.54, 1.807) is 30.3 Å². The van der Waals surface area contributed by atoms with Crippen LogP contribution in [0.1, 0.15) is 44.7 Å². The lowest BCUT2D eigenvalue weighted by Gasteiger charge is -2.16. The highest BCUT2D eigenvalue weighted by molar-refractivity contribution is 5.98. The monoisotopic (exact) mass is 366 g/mol. The highest BCUT2D eigenvalue weighted by Crippen LogP contribution is 2.22. The molecule has 2 aromatic rings. The van der Waals surface area contributed by atoms with Gasteiger partial charge < -0.3 is 15.4 Å². The third-order valence-electron chi connectivity index (χ3n) is 4.55. The molecule has 0 atom stereocenters. The third-order valence-corrected chi connectivity index (χ3v) is 4.55. The SMILES string of the molecule is CNC(=O)c1cccc(NC(=O)COC(=O)c2ccc3c(c2)CCCC3)c1. The van der Waals surface area contributed by atoms with Crippen LogP contribution in [0, 0.1) is 0 Å². The normalized spacial score (nSPS) is 12.6. The minimum Gasteiger partial charge on any atom is -0.452 e. The number of carbonyl (C=O) groups is 3. The maximum atomic E-state index is 12.2. The highest BCUT2D eigenvalue weighted by Gasteiger charge is 2.15. The second-order valence-electron chi connectivity index (χ2n) is 6.47. The van der Waals surface area contributed by atoms with Gasteiger partial charge in [0.15, 0.2) is 6.61 Å². The number of ether oxygens (including phenoxy) is 1. The summed E-state index contributed by atoms with van der Waals surface area (Å²) in [6.07, 6.45) is 4.32. The van der Waals surface area contributed by atoms with Crippen molar-refractivity contribution in [1.82, 2.24) is 5.32 Å². The molecule has 1 aliphatic rings. The van der Waals surface area contributed by atoms with Gasteiger partial charge in [-0.1, -0.05) is 12.1 Å². The van der Waals surface area contributed by atoms with Crippen LogP contribution in [0.2, 0.25) is 0 Å². The Morgan fingerprint density at radius 1 is 0.963 bits per heavy atom. The van der Waals surface area contributed by atoms with Gasteiger partial charge in [0.25, 0.3) is 11.8 Å². The minimum atomic E-state index is -0.516. The molecule has 0 aliphatic heterocycles.